The zero-order valence-corrected chi connectivity index (χ0v) is 12.2. The molecule has 1 unspecified atom stereocenters. The Labute approximate surface area is 120 Å². The van der Waals surface area contributed by atoms with Crippen molar-refractivity contribution in [3.8, 4) is 0 Å². The standard InChI is InChI=1S/C16H22N4/c1-12-3-4-14(9-13(12)2)15(10-17)20-8-7-19-6-5-18-16(19)11-20/h3-6,9,15H,7-8,10-11,17H2,1-2H3. The van der Waals surface area contributed by atoms with Gasteiger partial charge >= 0.3 is 0 Å². The van der Waals surface area contributed by atoms with E-state index in [1.165, 1.54) is 16.7 Å². The van der Waals surface area contributed by atoms with Crippen LogP contribution in [0.3, 0.4) is 0 Å². The fourth-order valence-corrected chi connectivity index (χ4v) is 2.93. The smallest absolute Gasteiger partial charge is 0.122 e. The second kappa shape index (κ2) is 5.38. The van der Waals surface area contributed by atoms with Crippen LogP contribution in [0.2, 0.25) is 0 Å². The highest BCUT2D eigenvalue weighted by molar-refractivity contribution is 5.32. The minimum absolute atomic E-state index is 0.278. The predicted molar refractivity (Wildman–Crippen MR) is 80.3 cm³/mol. The van der Waals surface area contributed by atoms with Crippen molar-refractivity contribution < 1.29 is 0 Å². The van der Waals surface area contributed by atoms with Crippen molar-refractivity contribution in [2.24, 2.45) is 5.73 Å². The third-order valence-electron chi connectivity index (χ3n) is 4.35. The van der Waals surface area contributed by atoms with Gasteiger partial charge in [0.15, 0.2) is 0 Å². The molecule has 1 aromatic heterocycles. The Balaban J connectivity index is 1.85. The molecule has 2 N–H and O–H groups in total. The van der Waals surface area contributed by atoms with Gasteiger partial charge in [-0.2, -0.15) is 0 Å². The number of hydrogen-bond acceptors (Lipinski definition) is 3. The molecule has 3 rings (SSSR count). The summed E-state index contributed by atoms with van der Waals surface area (Å²) in [5, 5.41) is 0. The lowest BCUT2D eigenvalue weighted by atomic mass is 9.99. The number of aryl methyl sites for hydroxylation is 2. The number of rotatable bonds is 3. The molecule has 4 heteroatoms. The molecule has 1 atom stereocenters. The molecule has 4 nitrogen and oxygen atoms in total. The van der Waals surface area contributed by atoms with Crippen molar-refractivity contribution in [1.82, 2.24) is 14.5 Å². The van der Waals surface area contributed by atoms with Crippen LogP contribution in [0.4, 0.5) is 0 Å². The summed E-state index contributed by atoms with van der Waals surface area (Å²) in [5.74, 6) is 1.14. The molecular formula is C16H22N4. The van der Waals surface area contributed by atoms with E-state index in [0.29, 0.717) is 6.54 Å². The van der Waals surface area contributed by atoms with Gasteiger partial charge < -0.3 is 10.3 Å². The second-order valence-corrected chi connectivity index (χ2v) is 5.60. The van der Waals surface area contributed by atoms with E-state index < -0.39 is 0 Å². The summed E-state index contributed by atoms with van der Waals surface area (Å²) in [4.78, 5) is 6.87. The molecule has 1 aliphatic rings. The number of hydrogen-bond donors (Lipinski definition) is 1. The number of nitrogens with zero attached hydrogens (tertiary/aromatic N) is 3. The maximum atomic E-state index is 6.05. The second-order valence-electron chi connectivity index (χ2n) is 5.60. The van der Waals surface area contributed by atoms with Crippen molar-refractivity contribution in [1.29, 1.82) is 0 Å². The Morgan fingerprint density at radius 3 is 2.85 bits per heavy atom. The van der Waals surface area contributed by atoms with Gasteiger partial charge in [0.2, 0.25) is 0 Å². The van der Waals surface area contributed by atoms with Crippen LogP contribution in [0.15, 0.2) is 30.6 Å². The molecule has 0 saturated carbocycles. The summed E-state index contributed by atoms with van der Waals surface area (Å²) in [6.45, 7) is 7.85. The van der Waals surface area contributed by atoms with Crippen molar-refractivity contribution in [2.75, 3.05) is 13.1 Å². The molecule has 0 radical (unpaired) electrons. The van der Waals surface area contributed by atoms with Crippen molar-refractivity contribution in [3.05, 3.63) is 53.1 Å². The van der Waals surface area contributed by atoms with Crippen LogP contribution in [-0.4, -0.2) is 27.5 Å². The van der Waals surface area contributed by atoms with Gasteiger partial charge in [-0.3, -0.25) is 4.90 Å². The minimum atomic E-state index is 0.278. The molecule has 0 aliphatic carbocycles. The summed E-state index contributed by atoms with van der Waals surface area (Å²) >= 11 is 0. The van der Waals surface area contributed by atoms with E-state index in [1.54, 1.807) is 0 Å². The van der Waals surface area contributed by atoms with Crippen LogP contribution in [0.1, 0.15) is 28.6 Å². The Kier molecular flexibility index (Phi) is 3.59. The molecule has 0 amide bonds. The quantitative estimate of drug-likeness (QED) is 0.928. The highest BCUT2D eigenvalue weighted by Crippen LogP contribution is 2.25. The Morgan fingerprint density at radius 2 is 2.10 bits per heavy atom. The fourth-order valence-electron chi connectivity index (χ4n) is 2.93. The SMILES string of the molecule is Cc1ccc(C(CN)N2CCn3ccnc3C2)cc1C. The molecule has 0 saturated heterocycles. The van der Waals surface area contributed by atoms with Crippen LogP contribution in [0.25, 0.3) is 0 Å². The van der Waals surface area contributed by atoms with Crippen molar-refractivity contribution >= 4 is 0 Å². The molecular weight excluding hydrogens is 248 g/mol. The van der Waals surface area contributed by atoms with E-state index in [0.717, 1.165) is 25.5 Å². The topological polar surface area (TPSA) is 47.1 Å². The van der Waals surface area contributed by atoms with E-state index in [-0.39, 0.29) is 6.04 Å². The maximum Gasteiger partial charge on any atom is 0.122 e. The van der Waals surface area contributed by atoms with E-state index in [1.807, 2.05) is 6.20 Å². The third kappa shape index (κ3) is 2.37. The van der Waals surface area contributed by atoms with Crippen molar-refractivity contribution in [3.63, 3.8) is 0 Å². The summed E-state index contributed by atoms with van der Waals surface area (Å²) in [7, 11) is 0. The van der Waals surface area contributed by atoms with Gasteiger partial charge in [-0.05, 0) is 30.5 Å². The first-order valence-corrected chi connectivity index (χ1v) is 7.20. The average Bonchev–Trinajstić information content (AvgIpc) is 2.91. The lowest BCUT2D eigenvalue weighted by Gasteiger charge is -2.34. The number of aromatic nitrogens is 2. The lowest BCUT2D eigenvalue weighted by Crippen LogP contribution is -2.39. The lowest BCUT2D eigenvalue weighted by molar-refractivity contribution is 0.156. The minimum Gasteiger partial charge on any atom is -0.333 e. The summed E-state index contributed by atoms with van der Waals surface area (Å²) in [5.41, 5.74) is 10.0. The zero-order valence-electron chi connectivity index (χ0n) is 12.2. The average molecular weight is 270 g/mol. The number of fused-ring (bicyclic) bond motifs is 1. The van der Waals surface area contributed by atoms with Crippen LogP contribution < -0.4 is 5.73 Å². The van der Waals surface area contributed by atoms with Crippen LogP contribution in [0.5, 0.6) is 0 Å². The molecule has 106 valence electrons. The van der Waals surface area contributed by atoms with E-state index >= 15 is 0 Å². The molecule has 0 bridgehead atoms. The highest BCUT2D eigenvalue weighted by Gasteiger charge is 2.24. The van der Waals surface area contributed by atoms with Gasteiger partial charge in [0.25, 0.3) is 0 Å². The molecule has 2 aromatic rings. The van der Waals surface area contributed by atoms with Gasteiger partial charge in [0.1, 0.15) is 5.82 Å². The Morgan fingerprint density at radius 1 is 1.25 bits per heavy atom. The van der Waals surface area contributed by atoms with Crippen LogP contribution >= 0.6 is 0 Å². The predicted octanol–water partition coefficient (Wildman–Crippen LogP) is 2.02. The van der Waals surface area contributed by atoms with Crippen LogP contribution in [-0.2, 0) is 13.1 Å². The summed E-state index contributed by atoms with van der Waals surface area (Å²) in [6.07, 6.45) is 3.94. The largest absolute Gasteiger partial charge is 0.333 e. The van der Waals surface area contributed by atoms with E-state index in [2.05, 4.69) is 52.7 Å². The van der Waals surface area contributed by atoms with Gasteiger partial charge in [0.05, 0.1) is 6.54 Å². The summed E-state index contributed by atoms with van der Waals surface area (Å²) < 4.78 is 2.23. The van der Waals surface area contributed by atoms with Gasteiger partial charge in [-0.15, -0.1) is 0 Å². The van der Waals surface area contributed by atoms with E-state index in [4.69, 9.17) is 5.73 Å². The first-order chi connectivity index (χ1) is 9.69. The molecule has 1 aromatic carbocycles. The van der Waals surface area contributed by atoms with Crippen molar-refractivity contribution in [2.45, 2.75) is 33.0 Å². The first-order valence-electron chi connectivity index (χ1n) is 7.20. The molecule has 0 fully saturated rings. The Hall–Kier alpha value is -1.65. The monoisotopic (exact) mass is 270 g/mol. The zero-order chi connectivity index (χ0) is 14.1. The van der Waals surface area contributed by atoms with Gasteiger partial charge in [-0.1, -0.05) is 18.2 Å². The Bertz CT molecular complexity index is 602. The fraction of sp³-hybridized carbons (Fsp3) is 0.438. The van der Waals surface area contributed by atoms with E-state index in [9.17, 15) is 0 Å². The molecule has 2 heterocycles. The highest BCUT2D eigenvalue weighted by atomic mass is 15.3. The van der Waals surface area contributed by atoms with Gasteiger partial charge in [0, 0.05) is 38.1 Å². The number of nitrogens with two attached hydrogens (primary N) is 1. The molecule has 20 heavy (non-hydrogen) atoms. The number of imidazole rings is 1. The van der Waals surface area contributed by atoms with Crippen LogP contribution in [0, 0.1) is 13.8 Å². The van der Waals surface area contributed by atoms with Gasteiger partial charge in [-0.25, -0.2) is 4.98 Å². The third-order valence-corrected chi connectivity index (χ3v) is 4.35. The normalized spacial score (nSPS) is 16.9. The molecule has 0 spiro atoms. The molecule has 1 aliphatic heterocycles. The number of benzene rings is 1. The summed E-state index contributed by atoms with van der Waals surface area (Å²) in [6, 6.07) is 6.95. The first kappa shape index (κ1) is 13.3. The maximum absolute atomic E-state index is 6.05.